The van der Waals surface area contributed by atoms with Crippen molar-refractivity contribution in [1.82, 2.24) is 0 Å². The minimum Gasteiger partial charge on any atom is -0.325 e. The number of nitrogens with one attached hydrogen (secondary N) is 2. The summed E-state index contributed by atoms with van der Waals surface area (Å²) < 4.78 is 53.3. The van der Waals surface area contributed by atoms with Crippen LogP contribution < -0.4 is 14.3 Å². The monoisotopic (exact) mass is 487 g/mol. The van der Waals surface area contributed by atoms with Gasteiger partial charge in [-0.05, 0) is 67.4 Å². The maximum atomic E-state index is 12.6. The van der Waals surface area contributed by atoms with Crippen LogP contribution in [0.15, 0.2) is 77.7 Å². The van der Waals surface area contributed by atoms with Crippen molar-refractivity contribution < 1.29 is 21.6 Å². The van der Waals surface area contributed by atoms with Crippen molar-refractivity contribution in [2.24, 2.45) is 0 Å². The Morgan fingerprint density at radius 1 is 0.848 bits per heavy atom. The van der Waals surface area contributed by atoms with Gasteiger partial charge in [0.05, 0.1) is 16.8 Å². The first-order valence-corrected chi connectivity index (χ1v) is 13.3. The van der Waals surface area contributed by atoms with Crippen LogP contribution in [0.3, 0.4) is 0 Å². The molecule has 10 heteroatoms. The standard InChI is InChI=1S/C23H25N3O5S2/c1-17-9-10-18(2)22(15-17)26(32(3,28)29)16-23(27)24-19-11-13-21(14-12-19)33(30,31)25-20-7-5-4-6-8-20/h4-15,25H,16H2,1-3H3,(H,24,27). The van der Waals surface area contributed by atoms with E-state index < -0.39 is 32.5 Å². The predicted molar refractivity (Wildman–Crippen MR) is 130 cm³/mol. The molecule has 0 heterocycles. The fourth-order valence-electron chi connectivity index (χ4n) is 3.14. The molecule has 0 unspecified atom stereocenters. The fraction of sp³-hybridized carbons (Fsp3) is 0.174. The Bertz CT molecular complexity index is 1350. The number of benzene rings is 3. The van der Waals surface area contributed by atoms with Crippen molar-refractivity contribution in [3.8, 4) is 0 Å². The molecule has 0 fully saturated rings. The Morgan fingerprint density at radius 3 is 2.09 bits per heavy atom. The number of hydrogen-bond donors (Lipinski definition) is 2. The predicted octanol–water partition coefficient (Wildman–Crippen LogP) is 3.51. The third-order valence-electron chi connectivity index (χ3n) is 4.80. The first kappa shape index (κ1) is 24.3. The Balaban J connectivity index is 1.74. The average molecular weight is 488 g/mol. The highest BCUT2D eigenvalue weighted by Gasteiger charge is 2.23. The summed E-state index contributed by atoms with van der Waals surface area (Å²) in [5.41, 5.74) is 2.79. The number of aryl methyl sites for hydroxylation is 2. The van der Waals surface area contributed by atoms with Gasteiger partial charge in [-0.1, -0.05) is 30.3 Å². The highest BCUT2D eigenvalue weighted by atomic mass is 32.2. The van der Waals surface area contributed by atoms with Gasteiger partial charge in [-0.25, -0.2) is 16.8 Å². The van der Waals surface area contributed by atoms with E-state index in [4.69, 9.17) is 0 Å². The summed E-state index contributed by atoms with van der Waals surface area (Å²) in [6, 6.07) is 19.5. The van der Waals surface area contributed by atoms with E-state index in [0.717, 1.165) is 21.7 Å². The van der Waals surface area contributed by atoms with Crippen molar-refractivity contribution in [3.05, 3.63) is 83.9 Å². The molecule has 3 aromatic carbocycles. The van der Waals surface area contributed by atoms with Crippen LogP contribution in [-0.2, 0) is 24.8 Å². The molecule has 0 saturated heterocycles. The number of para-hydroxylation sites is 1. The van der Waals surface area contributed by atoms with Crippen LogP contribution in [0.25, 0.3) is 0 Å². The molecule has 0 aromatic heterocycles. The molecule has 174 valence electrons. The van der Waals surface area contributed by atoms with Gasteiger partial charge in [0.15, 0.2) is 0 Å². The normalized spacial score (nSPS) is 11.6. The summed E-state index contributed by atoms with van der Waals surface area (Å²) in [6.45, 7) is 3.19. The van der Waals surface area contributed by atoms with E-state index in [1.54, 1.807) is 49.4 Å². The molecule has 0 aliphatic carbocycles. The summed E-state index contributed by atoms with van der Waals surface area (Å²) >= 11 is 0. The van der Waals surface area contributed by atoms with Gasteiger partial charge in [0.25, 0.3) is 10.0 Å². The zero-order valence-corrected chi connectivity index (χ0v) is 20.1. The molecular weight excluding hydrogens is 462 g/mol. The largest absolute Gasteiger partial charge is 0.325 e. The maximum Gasteiger partial charge on any atom is 0.261 e. The number of anilines is 3. The van der Waals surface area contributed by atoms with Crippen molar-refractivity contribution in [2.45, 2.75) is 18.7 Å². The van der Waals surface area contributed by atoms with Gasteiger partial charge >= 0.3 is 0 Å². The number of sulfonamides is 2. The lowest BCUT2D eigenvalue weighted by atomic mass is 10.1. The van der Waals surface area contributed by atoms with E-state index in [1.165, 1.54) is 24.3 Å². The summed E-state index contributed by atoms with van der Waals surface area (Å²) in [6.07, 6.45) is 1.04. The van der Waals surface area contributed by atoms with Gasteiger partial charge in [-0.15, -0.1) is 0 Å². The molecule has 0 bridgehead atoms. The molecule has 0 spiro atoms. The van der Waals surface area contributed by atoms with Crippen LogP contribution in [0.5, 0.6) is 0 Å². The highest BCUT2D eigenvalue weighted by Crippen LogP contribution is 2.24. The number of carbonyl (C=O) groups excluding carboxylic acids is 1. The number of amides is 1. The van der Waals surface area contributed by atoms with Crippen molar-refractivity contribution >= 4 is 43.0 Å². The topological polar surface area (TPSA) is 113 Å². The lowest BCUT2D eigenvalue weighted by Gasteiger charge is -2.24. The lowest BCUT2D eigenvalue weighted by molar-refractivity contribution is -0.114. The summed E-state index contributed by atoms with van der Waals surface area (Å²) in [5.74, 6) is -0.556. The second-order valence-electron chi connectivity index (χ2n) is 7.60. The molecule has 0 aliphatic rings. The van der Waals surface area contributed by atoms with Gasteiger partial charge in [-0.3, -0.25) is 13.8 Å². The van der Waals surface area contributed by atoms with Crippen LogP contribution in [0.1, 0.15) is 11.1 Å². The minimum absolute atomic E-state index is 0.0255. The summed E-state index contributed by atoms with van der Waals surface area (Å²) in [5, 5.41) is 2.62. The maximum absolute atomic E-state index is 12.6. The van der Waals surface area contributed by atoms with E-state index in [0.29, 0.717) is 17.1 Å². The quantitative estimate of drug-likeness (QED) is 0.505. The van der Waals surface area contributed by atoms with Crippen molar-refractivity contribution in [3.63, 3.8) is 0 Å². The molecule has 1 amide bonds. The molecule has 3 aromatic rings. The first-order chi connectivity index (χ1) is 15.5. The number of carbonyl (C=O) groups is 1. The minimum atomic E-state index is -3.79. The summed E-state index contributed by atoms with van der Waals surface area (Å²) in [4.78, 5) is 12.6. The number of nitrogens with zero attached hydrogens (tertiary/aromatic N) is 1. The van der Waals surface area contributed by atoms with Gasteiger partial charge in [-0.2, -0.15) is 0 Å². The van der Waals surface area contributed by atoms with E-state index in [2.05, 4.69) is 10.0 Å². The van der Waals surface area contributed by atoms with Crippen molar-refractivity contribution in [2.75, 3.05) is 27.1 Å². The molecule has 8 nitrogen and oxygen atoms in total. The van der Waals surface area contributed by atoms with Crippen LogP contribution in [0, 0.1) is 13.8 Å². The zero-order chi connectivity index (χ0) is 24.2. The molecule has 2 N–H and O–H groups in total. The van der Waals surface area contributed by atoms with E-state index in [1.807, 2.05) is 13.0 Å². The highest BCUT2D eigenvalue weighted by molar-refractivity contribution is 7.92. The molecule has 33 heavy (non-hydrogen) atoms. The van der Waals surface area contributed by atoms with Gasteiger partial charge in [0.1, 0.15) is 6.54 Å². The fourth-order valence-corrected chi connectivity index (χ4v) is 5.10. The van der Waals surface area contributed by atoms with E-state index in [-0.39, 0.29) is 4.90 Å². The van der Waals surface area contributed by atoms with Crippen LogP contribution >= 0.6 is 0 Å². The molecule has 0 saturated carbocycles. The Morgan fingerprint density at radius 2 is 1.48 bits per heavy atom. The average Bonchev–Trinajstić information content (AvgIpc) is 2.74. The van der Waals surface area contributed by atoms with Gasteiger partial charge in [0, 0.05) is 11.4 Å². The molecule has 0 radical (unpaired) electrons. The second-order valence-corrected chi connectivity index (χ2v) is 11.2. The molecule has 0 atom stereocenters. The summed E-state index contributed by atoms with van der Waals surface area (Å²) in [7, 11) is -7.51. The molecular formula is C23H25N3O5S2. The zero-order valence-electron chi connectivity index (χ0n) is 18.4. The third kappa shape index (κ3) is 6.33. The Hall–Kier alpha value is -3.37. The first-order valence-electron chi connectivity index (χ1n) is 9.98. The van der Waals surface area contributed by atoms with Crippen LogP contribution in [-0.4, -0.2) is 35.5 Å². The van der Waals surface area contributed by atoms with Crippen molar-refractivity contribution in [1.29, 1.82) is 0 Å². The van der Waals surface area contributed by atoms with E-state index >= 15 is 0 Å². The van der Waals surface area contributed by atoms with Gasteiger partial charge < -0.3 is 5.32 Å². The third-order valence-corrected chi connectivity index (χ3v) is 7.32. The molecule has 0 aliphatic heterocycles. The second kappa shape index (κ2) is 9.63. The smallest absolute Gasteiger partial charge is 0.261 e. The van der Waals surface area contributed by atoms with Crippen LogP contribution in [0.4, 0.5) is 17.1 Å². The number of rotatable bonds is 8. The van der Waals surface area contributed by atoms with Gasteiger partial charge in [0.2, 0.25) is 15.9 Å². The lowest BCUT2D eigenvalue weighted by Crippen LogP contribution is -2.37. The number of hydrogen-bond acceptors (Lipinski definition) is 5. The molecule has 3 rings (SSSR count). The van der Waals surface area contributed by atoms with Crippen LogP contribution in [0.2, 0.25) is 0 Å². The Kier molecular flexibility index (Phi) is 7.09. The Labute approximate surface area is 194 Å². The van der Waals surface area contributed by atoms with E-state index in [9.17, 15) is 21.6 Å². The SMILES string of the molecule is Cc1ccc(C)c(N(CC(=O)Nc2ccc(S(=O)(=O)Nc3ccccc3)cc2)S(C)(=O)=O)c1.